The Labute approximate surface area is 198 Å². The Morgan fingerprint density at radius 3 is 1.54 bits per heavy atom. The Bertz CT molecular complexity index is 1250. The maximum absolute atomic E-state index is 14.5. The normalized spacial score (nSPS) is 12.1. The predicted octanol–water partition coefficient (Wildman–Crippen LogP) is 7.86. The third kappa shape index (κ3) is 5.49. The molecule has 0 aliphatic rings. The third-order valence-corrected chi connectivity index (χ3v) is 5.24. The van der Waals surface area contributed by atoms with E-state index in [1.807, 2.05) is 0 Å². The minimum atomic E-state index is -5.21. The number of hydrogen-bond donors (Lipinski definition) is 0. The standard InChI is InChI=1S/C26H23F6NO2/c1-6-35-24(34)22-21(25(27,28)29)19(17-9-13(2)7-14(3)10-17)20(23(33-22)26(30,31)32)18-11-15(4)8-16(5)12-18/h7-12H,6H2,1-5H3. The number of rotatable bonds is 4. The van der Waals surface area contributed by atoms with Gasteiger partial charge in [0.1, 0.15) is 0 Å². The number of nitrogens with zero attached hydrogens (tertiary/aromatic N) is 1. The average molecular weight is 495 g/mol. The zero-order valence-corrected chi connectivity index (χ0v) is 19.7. The SMILES string of the molecule is CCOC(=O)c1nc(C(F)(F)F)c(-c2cc(C)cc(C)c2)c(-c2cc(C)cc(C)c2)c1C(F)(F)F. The second-order valence-corrected chi connectivity index (χ2v) is 8.40. The molecule has 2 aromatic carbocycles. The second kappa shape index (κ2) is 9.36. The first-order chi connectivity index (χ1) is 16.1. The minimum absolute atomic E-state index is 0.0857. The van der Waals surface area contributed by atoms with Crippen molar-refractivity contribution in [1.82, 2.24) is 4.98 Å². The minimum Gasteiger partial charge on any atom is -0.461 e. The smallest absolute Gasteiger partial charge is 0.434 e. The second-order valence-electron chi connectivity index (χ2n) is 8.40. The van der Waals surface area contributed by atoms with E-state index in [0.717, 1.165) is 0 Å². The fourth-order valence-electron chi connectivity index (χ4n) is 4.22. The molecule has 0 fully saturated rings. The van der Waals surface area contributed by atoms with Crippen molar-refractivity contribution in [3.63, 3.8) is 0 Å². The predicted molar refractivity (Wildman–Crippen MR) is 120 cm³/mol. The molecule has 186 valence electrons. The maximum atomic E-state index is 14.5. The molecule has 1 aromatic heterocycles. The first-order valence-electron chi connectivity index (χ1n) is 10.7. The van der Waals surface area contributed by atoms with E-state index < -0.39 is 46.4 Å². The maximum Gasteiger partial charge on any atom is 0.434 e. The van der Waals surface area contributed by atoms with Crippen LogP contribution in [0, 0.1) is 27.7 Å². The van der Waals surface area contributed by atoms with Gasteiger partial charge in [0, 0.05) is 11.1 Å². The Morgan fingerprint density at radius 2 is 1.17 bits per heavy atom. The molecule has 0 saturated heterocycles. The van der Waals surface area contributed by atoms with E-state index in [-0.39, 0.29) is 17.7 Å². The summed E-state index contributed by atoms with van der Waals surface area (Å²) in [7, 11) is 0. The van der Waals surface area contributed by atoms with E-state index in [9.17, 15) is 31.1 Å². The summed E-state index contributed by atoms with van der Waals surface area (Å²) < 4.78 is 91.4. The first kappa shape index (κ1) is 26.2. The van der Waals surface area contributed by atoms with Crippen LogP contribution in [0.5, 0.6) is 0 Å². The molecule has 3 nitrogen and oxygen atoms in total. The van der Waals surface area contributed by atoms with Gasteiger partial charge in [-0.05, 0) is 45.7 Å². The van der Waals surface area contributed by atoms with E-state index in [2.05, 4.69) is 9.72 Å². The number of carbonyl (C=O) groups is 1. The van der Waals surface area contributed by atoms with E-state index in [4.69, 9.17) is 0 Å². The number of hydrogen-bond acceptors (Lipinski definition) is 3. The molecule has 3 rings (SSSR count). The van der Waals surface area contributed by atoms with E-state index in [1.54, 1.807) is 39.8 Å². The molecule has 0 unspecified atom stereocenters. The van der Waals surface area contributed by atoms with Gasteiger partial charge in [0.05, 0.1) is 12.2 Å². The van der Waals surface area contributed by atoms with Crippen molar-refractivity contribution >= 4 is 5.97 Å². The summed E-state index contributed by atoms with van der Waals surface area (Å²) in [4.78, 5) is 15.8. The fraction of sp³-hybridized carbons (Fsp3) is 0.308. The lowest BCUT2D eigenvalue weighted by Crippen LogP contribution is -2.23. The Balaban J connectivity index is 2.69. The molecular formula is C26H23F6NO2. The highest BCUT2D eigenvalue weighted by Crippen LogP contribution is 2.49. The molecule has 9 heteroatoms. The summed E-state index contributed by atoms with van der Waals surface area (Å²) in [6.07, 6.45) is -10.4. The third-order valence-electron chi connectivity index (χ3n) is 5.24. The molecule has 35 heavy (non-hydrogen) atoms. The number of aromatic nitrogens is 1. The van der Waals surface area contributed by atoms with Crippen LogP contribution in [0.15, 0.2) is 36.4 Å². The summed E-state index contributed by atoms with van der Waals surface area (Å²) in [5, 5.41) is 0. The van der Waals surface area contributed by atoms with Crippen LogP contribution in [0.1, 0.15) is 50.9 Å². The molecule has 1 heterocycles. The number of ether oxygens (including phenoxy) is 1. The molecule has 0 N–H and O–H groups in total. The van der Waals surface area contributed by atoms with Crippen molar-refractivity contribution in [3.8, 4) is 22.3 Å². The van der Waals surface area contributed by atoms with E-state index in [0.29, 0.717) is 22.3 Å². The molecule has 0 saturated carbocycles. The zero-order chi connectivity index (χ0) is 26.3. The van der Waals surface area contributed by atoms with Crippen LogP contribution in [0.25, 0.3) is 22.3 Å². The number of carbonyl (C=O) groups excluding carboxylic acids is 1. The molecule has 0 amide bonds. The molecule has 3 aromatic rings. The summed E-state index contributed by atoms with van der Waals surface area (Å²) >= 11 is 0. The lowest BCUT2D eigenvalue weighted by Gasteiger charge is -2.24. The summed E-state index contributed by atoms with van der Waals surface area (Å²) in [5.41, 5.74) is -4.07. The molecule has 0 spiro atoms. The van der Waals surface area contributed by atoms with Crippen molar-refractivity contribution in [2.75, 3.05) is 6.61 Å². The van der Waals surface area contributed by atoms with Crippen molar-refractivity contribution in [2.24, 2.45) is 0 Å². The van der Waals surface area contributed by atoms with Gasteiger partial charge in [-0.15, -0.1) is 0 Å². The lowest BCUT2D eigenvalue weighted by atomic mass is 9.86. The van der Waals surface area contributed by atoms with Crippen LogP contribution in [0.4, 0.5) is 26.3 Å². The van der Waals surface area contributed by atoms with Crippen LogP contribution in [0.2, 0.25) is 0 Å². The number of benzene rings is 2. The van der Waals surface area contributed by atoms with Crippen molar-refractivity contribution in [1.29, 1.82) is 0 Å². The zero-order valence-electron chi connectivity index (χ0n) is 19.7. The summed E-state index contributed by atoms with van der Waals surface area (Å²) in [5.74, 6) is -1.58. The number of alkyl halides is 6. The summed E-state index contributed by atoms with van der Waals surface area (Å²) in [6.45, 7) is 7.51. The average Bonchev–Trinajstić information content (AvgIpc) is 2.69. The summed E-state index contributed by atoms with van der Waals surface area (Å²) in [6, 6.07) is 8.84. The Kier molecular flexibility index (Phi) is 7.02. The van der Waals surface area contributed by atoms with Crippen LogP contribution in [-0.4, -0.2) is 17.6 Å². The number of pyridine rings is 1. The molecular weight excluding hydrogens is 472 g/mol. The van der Waals surface area contributed by atoms with Gasteiger partial charge in [0.2, 0.25) is 0 Å². The fourth-order valence-corrected chi connectivity index (χ4v) is 4.22. The van der Waals surface area contributed by atoms with Crippen LogP contribution >= 0.6 is 0 Å². The Hall–Kier alpha value is -3.36. The molecule has 0 aliphatic heterocycles. The van der Waals surface area contributed by atoms with Gasteiger partial charge in [0.25, 0.3) is 0 Å². The lowest BCUT2D eigenvalue weighted by molar-refractivity contribution is -0.144. The van der Waals surface area contributed by atoms with Gasteiger partial charge < -0.3 is 4.74 Å². The molecule has 0 aliphatic carbocycles. The number of halogens is 6. The quantitative estimate of drug-likeness (QED) is 0.273. The van der Waals surface area contributed by atoms with E-state index >= 15 is 0 Å². The largest absolute Gasteiger partial charge is 0.461 e. The van der Waals surface area contributed by atoms with Crippen LogP contribution in [-0.2, 0) is 17.1 Å². The van der Waals surface area contributed by atoms with E-state index in [1.165, 1.54) is 31.2 Å². The van der Waals surface area contributed by atoms with Gasteiger partial charge in [0.15, 0.2) is 11.4 Å². The van der Waals surface area contributed by atoms with Gasteiger partial charge in [-0.2, -0.15) is 26.3 Å². The van der Waals surface area contributed by atoms with Gasteiger partial charge >= 0.3 is 18.3 Å². The molecule has 0 atom stereocenters. The van der Waals surface area contributed by atoms with Gasteiger partial charge in [-0.25, -0.2) is 9.78 Å². The van der Waals surface area contributed by atoms with Crippen LogP contribution < -0.4 is 0 Å². The highest BCUT2D eigenvalue weighted by molar-refractivity contribution is 5.97. The Morgan fingerprint density at radius 1 is 0.743 bits per heavy atom. The van der Waals surface area contributed by atoms with Gasteiger partial charge in [-0.1, -0.05) is 58.7 Å². The molecule has 0 bridgehead atoms. The highest BCUT2D eigenvalue weighted by atomic mass is 19.4. The first-order valence-corrected chi connectivity index (χ1v) is 10.7. The van der Waals surface area contributed by atoms with Crippen LogP contribution in [0.3, 0.4) is 0 Å². The monoisotopic (exact) mass is 495 g/mol. The van der Waals surface area contributed by atoms with Crippen molar-refractivity contribution in [2.45, 2.75) is 47.0 Å². The van der Waals surface area contributed by atoms with Crippen molar-refractivity contribution in [3.05, 3.63) is 75.6 Å². The van der Waals surface area contributed by atoms with Crippen molar-refractivity contribution < 1.29 is 35.9 Å². The highest BCUT2D eigenvalue weighted by Gasteiger charge is 2.46. The number of aryl methyl sites for hydroxylation is 4. The number of esters is 1. The molecule has 0 radical (unpaired) electrons. The topological polar surface area (TPSA) is 39.2 Å². The van der Waals surface area contributed by atoms with Gasteiger partial charge in [-0.3, -0.25) is 0 Å².